The van der Waals surface area contributed by atoms with Gasteiger partial charge >= 0.3 is 0 Å². The summed E-state index contributed by atoms with van der Waals surface area (Å²) >= 11 is 0. The van der Waals surface area contributed by atoms with Gasteiger partial charge in [-0.25, -0.2) is 0 Å². The van der Waals surface area contributed by atoms with Crippen molar-refractivity contribution in [1.82, 2.24) is 10.2 Å². The molecule has 1 heterocycles. The fourth-order valence-corrected chi connectivity index (χ4v) is 2.20. The van der Waals surface area contributed by atoms with Gasteiger partial charge in [-0.15, -0.1) is 24.8 Å². The van der Waals surface area contributed by atoms with E-state index in [4.69, 9.17) is 15.2 Å². The predicted octanol–water partition coefficient (Wildman–Crippen LogP) is 0.421. The van der Waals surface area contributed by atoms with Crippen molar-refractivity contribution in [3.05, 3.63) is 0 Å². The molecule has 1 atom stereocenters. The van der Waals surface area contributed by atoms with E-state index in [2.05, 4.69) is 24.1 Å². The van der Waals surface area contributed by atoms with Gasteiger partial charge in [0.2, 0.25) is 5.91 Å². The normalized spacial score (nSPS) is 19.0. The number of carbonyl (C=O) groups is 1. The molecule has 0 aromatic rings. The lowest BCUT2D eigenvalue weighted by atomic mass is 10.1. The molecule has 128 valence electrons. The Kier molecular flexibility index (Phi) is 12.6. The largest absolute Gasteiger partial charge is 0.380 e. The maximum atomic E-state index is 11.7. The van der Waals surface area contributed by atoms with Crippen molar-refractivity contribution in [2.75, 3.05) is 46.4 Å². The topological polar surface area (TPSA) is 76.8 Å². The van der Waals surface area contributed by atoms with Gasteiger partial charge in [-0.3, -0.25) is 9.69 Å². The fourth-order valence-electron chi connectivity index (χ4n) is 2.20. The highest BCUT2D eigenvalue weighted by Crippen LogP contribution is 2.15. The molecule has 0 aromatic carbocycles. The van der Waals surface area contributed by atoms with Crippen LogP contribution in [0.5, 0.6) is 0 Å². The van der Waals surface area contributed by atoms with E-state index in [9.17, 15) is 4.79 Å². The second-order valence-corrected chi connectivity index (χ2v) is 5.53. The monoisotopic (exact) mass is 345 g/mol. The van der Waals surface area contributed by atoms with Crippen LogP contribution in [-0.4, -0.2) is 69.0 Å². The van der Waals surface area contributed by atoms with Crippen LogP contribution in [0.25, 0.3) is 0 Å². The first kappa shape index (κ1) is 23.2. The minimum atomic E-state index is -0.192. The summed E-state index contributed by atoms with van der Waals surface area (Å²) < 4.78 is 10.7. The average Bonchev–Trinajstić information content (AvgIpc) is 2.34. The van der Waals surface area contributed by atoms with E-state index in [1.807, 2.05) is 0 Å². The Balaban J connectivity index is 0. The highest BCUT2D eigenvalue weighted by Gasteiger charge is 2.26. The molecule has 0 bridgehead atoms. The number of methoxy groups -OCH3 is 1. The molecule has 1 fully saturated rings. The van der Waals surface area contributed by atoms with Gasteiger partial charge in [-0.05, 0) is 13.8 Å². The number of ether oxygens (including phenoxy) is 2. The molecular formula is C13H29Cl2N3O3. The third kappa shape index (κ3) is 9.50. The molecule has 1 amide bonds. The van der Waals surface area contributed by atoms with Crippen molar-refractivity contribution in [2.45, 2.75) is 32.0 Å². The molecule has 0 saturated carbocycles. The van der Waals surface area contributed by atoms with Crippen LogP contribution in [-0.2, 0) is 14.3 Å². The fraction of sp³-hybridized carbons (Fsp3) is 0.923. The Hall–Kier alpha value is -0.110. The number of hydrogen-bond acceptors (Lipinski definition) is 5. The van der Waals surface area contributed by atoms with Gasteiger partial charge in [-0.2, -0.15) is 0 Å². The van der Waals surface area contributed by atoms with Crippen LogP contribution >= 0.6 is 24.8 Å². The Morgan fingerprint density at radius 1 is 1.48 bits per heavy atom. The molecular weight excluding hydrogens is 317 g/mol. The summed E-state index contributed by atoms with van der Waals surface area (Å²) in [6.45, 7) is 8.59. The highest BCUT2D eigenvalue weighted by atomic mass is 35.5. The molecule has 1 rings (SSSR count). The second-order valence-electron chi connectivity index (χ2n) is 5.53. The van der Waals surface area contributed by atoms with E-state index in [0.717, 1.165) is 26.2 Å². The minimum absolute atomic E-state index is 0. The maximum Gasteiger partial charge on any atom is 0.222 e. The first-order valence-corrected chi connectivity index (χ1v) is 6.82. The molecule has 3 N–H and O–H groups in total. The molecule has 0 aliphatic carbocycles. The number of carbonyl (C=O) groups excluding carboxylic acids is 1. The number of nitrogens with two attached hydrogens (primary N) is 1. The molecule has 21 heavy (non-hydrogen) atoms. The van der Waals surface area contributed by atoms with Crippen LogP contribution in [0.1, 0.15) is 20.3 Å². The molecule has 1 aliphatic heterocycles. The van der Waals surface area contributed by atoms with Crippen LogP contribution in [0.15, 0.2) is 0 Å². The summed E-state index contributed by atoms with van der Waals surface area (Å²) in [5, 5.41) is 2.90. The average molecular weight is 346 g/mol. The van der Waals surface area contributed by atoms with Gasteiger partial charge in [-0.1, -0.05) is 0 Å². The molecule has 8 heteroatoms. The zero-order chi connectivity index (χ0) is 14.3. The molecule has 1 saturated heterocycles. The zero-order valence-electron chi connectivity index (χ0n) is 13.1. The number of halogens is 2. The second kappa shape index (κ2) is 11.5. The molecule has 0 spiro atoms. The van der Waals surface area contributed by atoms with Gasteiger partial charge in [0.25, 0.3) is 0 Å². The summed E-state index contributed by atoms with van der Waals surface area (Å²) in [5.74, 6) is -0.00943. The van der Waals surface area contributed by atoms with Crippen molar-refractivity contribution >= 4 is 30.7 Å². The van der Waals surface area contributed by atoms with Crippen molar-refractivity contribution in [2.24, 2.45) is 5.73 Å². The Labute approximate surface area is 139 Å². The highest BCUT2D eigenvalue weighted by molar-refractivity contribution is 5.85. The molecule has 6 nitrogen and oxygen atoms in total. The summed E-state index contributed by atoms with van der Waals surface area (Å²) in [7, 11) is 1.57. The quantitative estimate of drug-likeness (QED) is 0.699. The van der Waals surface area contributed by atoms with E-state index in [1.54, 1.807) is 7.11 Å². The zero-order valence-corrected chi connectivity index (χ0v) is 14.7. The first-order chi connectivity index (χ1) is 8.96. The van der Waals surface area contributed by atoms with Crippen LogP contribution in [0.3, 0.4) is 0 Å². The van der Waals surface area contributed by atoms with E-state index in [0.29, 0.717) is 19.5 Å². The molecule has 1 unspecified atom stereocenters. The lowest BCUT2D eigenvalue weighted by molar-refractivity contribution is -0.123. The third-order valence-electron chi connectivity index (χ3n) is 3.26. The standard InChI is InChI=1S/C13H27N3O3.2ClH/c1-13(2)10-16(6-7-19-13)5-4-15-12(17)8-11(9-14)18-3;;/h11H,4-10,14H2,1-3H3,(H,15,17);2*1H. The number of morpholine rings is 1. The van der Waals surface area contributed by atoms with Crippen molar-refractivity contribution in [1.29, 1.82) is 0 Å². The minimum Gasteiger partial charge on any atom is -0.380 e. The van der Waals surface area contributed by atoms with E-state index in [-0.39, 0.29) is 42.4 Å². The van der Waals surface area contributed by atoms with Gasteiger partial charge in [0, 0.05) is 39.8 Å². The number of hydrogen-bond donors (Lipinski definition) is 2. The van der Waals surface area contributed by atoms with Crippen LogP contribution in [0.4, 0.5) is 0 Å². The van der Waals surface area contributed by atoms with Gasteiger partial charge < -0.3 is 20.5 Å². The van der Waals surface area contributed by atoms with Crippen LogP contribution < -0.4 is 11.1 Å². The van der Waals surface area contributed by atoms with Crippen molar-refractivity contribution < 1.29 is 14.3 Å². The lowest BCUT2D eigenvalue weighted by Gasteiger charge is -2.38. The number of amides is 1. The van der Waals surface area contributed by atoms with Crippen LogP contribution in [0.2, 0.25) is 0 Å². The van der Waals surface area contributed by atoms with Gasteiger partial charge in [0.1, 0.15) is 0 Å². The number of rotatable bonds is 7. The van der Waals surface area contributed by atoms with Crippen LogP contribution in [0, 0.1) is 0 Å². The van der Waals surface area contributed by atoms with Gasteiger partial charge in [0.05, 0.1) is 24.7 Å². The Morgan fingerprint density at radius 3 is 2.67 bits per heavy atom. The molecule has 0 radical (unpaired) electrons. The van der Waals surface area contributed by atoms with Gasteiger partial charge in [0.15, 0.2) is 0 Å². The third-order valence-corrected chi connectivity index (χ3v) is 3.26. The SMILES string of the molecule is COC(CN)CC(=O)NCCN1CCOC(C)(C)C1.Cl.Cl. The van der Waals surface area contributed by atoms with Crippen molar-refractivity contribution in [3.8, 4) is 0 Å². The Bertz CT molecular complexity index is 290. The molecule has 1 aliphatic rings. The Morgan fingerprint density at radius 2 is 2.14 bits per heavy atom. The summed E-state index contributed by atoms with van der Waals surface area (Å²) in [6.07, 6.45) is 0.129. The smallest absolute Gasteiger partial charge is 0.222 e. The molecule has 0 aromatic heterocycles. The first-order valence-electron chi connectivity index (χ1n) is 6.82. The van der Waals surface area contributed by atoms with E-state index in [1.165, 1.54) is 0 Å². The van der Waals surface area contributed by atoms with E-state index >= 15 is 0 Å². The summed E-state index contributed by atoms with van der Waals surface area (Å²) in [6, 6.07) is 0. The van der Waals surface area contributed by atoms with Crippen molar-refractivity contribution in [3.63, 3.8) is 0 Å². The summed E-state index contributed by atoms with van der Waals surface area (Å²) in [4.78, 5) is 14.0. The lowest BCUT2D eigenvalue weighted by Crippen LogP contribution is -2.50. The predicted molar refractivity (Wildman–Crippen MR) is 88.4 cm³/mol. The van der Waals surface area contributed by atoms with E-state index < -0.39 is 0 Å². The maximum absolute atomic E-state index is 11.7. The number of nitrogens with one attached hydrogen (secondary N) is 1. The summed E-state index contributed by atoms with van der Waals surface area (Å²) in [5.41, 5.74) is 5.39. The number of nitrogens with zero attached hydrogens (tertiary/aromatic N) is 1.